The van der Waals surface area contributed by atoms with E-state index in [4.69, 9.17) is 25.8 Å². The van der Waals surface area contributed by atoms with Crippen LogP contribution in [0.25, 0.3) is 5.69 Å². The summed E-state index contributed by atoms with van der Waals surface area (Å²) in [5.74, 6) is 0.655. The molecule has 0 bridgehead atoms. The van der Waals surface area contributed by atoms with Gasteiger partial charge in [0.25, 0.3) is 0 Å². The number of carboxylic acid groups (broad SMARTS) is 1. The van der Waals surface area contributed by atoms with Crippen LogP contribution in [0.5, 0.6) is 11.5 Å². The molecule has 0 spiro atoms. The maximum absolute atomic E-state index is 14.2. The van der Waals surface area contributed by atoms with Crippen molar-refractivity contribution < 1.29 is 28.5 Å². The molecule has 0 aliphatic carbocycles. The Hall–Kier alpha value is -3.59. The van der Waals surface area contributed by atoms with Crippen LogP contribution in [0, 0.1) is 0 Å². The molecule has 42 heavy (non-hydrogen) atoms. The Morgan fingerprint density at radius 2 is 2.05 bits per heavy atom. The molecule has 0 saturated carbocycles. The number of nitrogens with one attached hydrogen (secondary N) is 2. The number of carbonyl (C=O) groups is 1. The fraction of sp³-hybridized carbons (Fsp3) is 0.407. The number of aromatic nitrogens is 3. The minimum Gasteiger partial charge on any atom is -0.493 e. The van der Waals surface area contributed by atoms with Gasteiger partial charge in [-0.2, -0.15) is 0 Å². The number of methoxy groups -OCH3 is 2. The first-order valence-corrected chi connectivity index (χ1v) is 14.4. The number of alkyl halides is 1. The summed E-state index contributed by atoms with van der Waals surface area (Å²) in [6.45, 7) is 2.98. The lowest BCUT2D eigenvalue weighted by atomic mass is 9.98. The van der Waals surface area contributed by atoms with Crippen LogP contribution < -0.4 is 20.4 Å². The molecule has 1 aromatic heterocycles. The lowest BCUT2D eigenvalue weighted by Gasteiger charge is -2.26. The van der Waals surface area contributed by atoms with Crippen LogP contribution in [0.15, 0.2) is 41.5 Å². The van der Waals surface area contributed by atoms with Crippen molar-refractivity contribution in [3.05, 3.63) is 64.2 Å². The third kappa shape index (κ3) is 5.59. The Morgan fingerprint density at radius 3 is 2.74 bits per heavy atom. The summed E-state index contributed by atoms with van der Waals surface area (Å²) in [6.07, 6.45) is -0.571. The van der Waals surface area contributed by atoms with Gasteiger partial charge in [0, 0.05) is 22.7 Å². The number of ether oxygens (including phenoxy) is 3. The smallest absolute Gasteiger partial charge is 0.319 e. The maximum atomic E-state index is 14.2. The number of hydrazine groups is 2. The first kappa shape index (κ1) is 29.9. The van der Waals surface area contributed by atoms with Crippen molar-refractivity contribution in [2.45, 2.75) is 50.3 Å². The molecule has 224 valence electrons. The van der Waals surface area contributed by atoms with Crippen molar-refractivity contribution in [2.24, 2.45) is 5.10 Å². The second-order valence-electron chi connectivity index (χ2n) is 9.79. The molecule has 0 amide bonds. The Balaban J connectivity index is 1.47. The van der Waals surface area contributed by atoms with Gasteiger partial charge in [0.1, 0.15) is 23.6 Å². The average Bonchev–Trinajstić information content (AvgIpc) is 3.60. The van der Waals surface area contributed by atoms with Gasteiger partial charge in [-0.05, 0) is 44.0 Å². The zero-order chi connectivity index (χ0) is 30.0. The number of halogens is 2. The molecule has 3 atom stereocenters. The molecule has 12 nitrogen and oxygen atoms in total. The van der Waals surface area contributed by atoms with E-state index in [0.717, 1.165) is 11.8 Å². The van der Waals surface area contributed by atoms with E-state index in [1.54, 1.807) is 55.1 Å². The lowest BCUT2D eigenvalue weighted by Crippen LogP contribution is -2.43. The number of hydrazone groups is 1. The van der Waals surface area contributed by atoms with Gasteiger partial charge in [-0.3, -0.25) is 14.8 Å². The van der Waals surface area contributed by atoms with Crippen LogP contribution in [-0.4, -0.2) is 61.6 Å². The van der Waals surface area contributed by atoms with E-state index in [0.29, 0.717) is 63.7 Å². The van der Waals surface area contributed by atoms with E-state index in [2.05, 4.69) is 26.3 Å². The molecular formula is C27H31ClFN7O5S. The Morgan fingerprint density at radius 1 is 1.24 bits per heavy atom. The zero-order valence-electron chi connectivity index (χ0n) is 23.4. The molecule has 15 heteroatoms. The number of nitrogens with zero attached hydrogens (tertiary/aromatic N) is 5. The quantitative estimate of drug-likeness (QED) is 0.295. The molecule has 3 N–H and O–H groups in total. The number of rotatable bonds is 10. The molecule has 0 fully saturated rings. The van der Waals surface area contributed by atoms with Gasteiger partial charge in [0.2, 0.25) is 0 Å². The van der Waals surface area contributed by atoms with Gasteiger partial charge in [0.05, 0.1) is 19.9 Å². The highest BCUT2D eigenvalue weighted by atomic mass is 35.5. The zero-order valence-corrected chi connectivity index (χ0v) is 25.0. The van der Waals surface area contributed by atoms with Crippen LogP contribution in [0.4, 0.5) is 4.39 Å². The second kappa shape index (κ2) is 12.3. The SMILES string of the molecule is CCC(C)(SC1=NNN(CC[C@@H]2O[C@@H](c3cccc(OC)c3OC)c3cc(Cl)ccc3-n3c(CF)nnc32)N1)C(=O)O. The summed E-state index contributed by atoms with van der Waals surface area (Å²) in [7, 11) is 3.11. The number of aliphatic carboxylic acids is 1. The normalized spacial score (nSPS) is 19.4. The van der Waals surface area contributed by atoms with E-state index >= 15 is 0 Å². The highest BCUT2D eigenvalue weighted by Crippen LogP contribution is 2.46. The van der Waals surface area contributed by atoms with Gasteiger partial charge in [-0.1, -0.05) is 42.4 Å². The molecule has 3 aromatic rings. The predicted molar refractivity (Wildman–Crippen MR) is 155 cm³/mol. The first-order valence-electron chi connectivity index (χ1n) is 13.2. The topological polar surface area (TPSA) is 135 Å². The molecular weight excluding hydrogens is 589 g/mol. The van der Waals surface area contributed by atoms with Crippen molar-refractivity contribution in [2.75, 3.05) is 20.8 Å². The highest BCUT2D eigenvalue weighted by molar-refractivity contribution is 8.15. The van der Waals surface area contributed by atoms with E-state index in [-0.39, 0.29) is 5.82 Å². The second-order valence-corrected chi connectivity index (χ2v) is 11.7. The molecule has 0 saturated heterocycles. The monoisotopic (exact) mass is 619 g/mol. The van der Waals surface area contributed by atoms with E-state index in [1.165, 1.54) is 0 Å². The van der Waals surface area contributed by atoms with Crippen molar-refractivity contribution in [1.29, 1.82) is 0 Å². The molecule has 2 aliphatic heterocycles. The first-order chi connectivity index (χ1) is 20.2. The molecule has 2 aliphatic rings. The summed E-state index contributed by atoms with van der Waals surface area (Å²) >= 11 is 7.58. The van der Waals surface area contributed by atoms with Gasteiger partial charge in [0.15, 0.2) is 28.3 Å². The van der Waals surface area contributed by atoms with Crippen molar-refractivity contribution in [3.8, 4) is 17.2 Å². The van der Waals surface area contributed by atoms with Gasteiger partial charge in [-0.25, -0.2) is 9.93 Å². The van der Waals surface area contributed by atoms with E-state index < -0.39 is 29.6 Å². The number of hydrogen-bond donors (Lipinski definition) is 3. The number of thioether (sulfide) groups is 1. The summed E-state index contributed by atoms with van der Waals surface area (Å²) in [6, 6.07) is 10.8. The minimum absolute atomic E-state index is 0.132. The standard InChI is InChI=1S/C27H31ClFN7O5S/c1-5-27(2,25(37)38)42-26-32-34-35(33-26)12-11-20-24-31-30-21(14-29)36(24)18-10-9-15(28)13-17(18)22(41-20)16-7-6-8-19(39-3)23(16)40-4/h6-10,13,20,22,34H,5,11-12,14H2,1-4H3,(H,32,33)(H,37,38)/t20-,22-,27?/m0/s1. The van der Waals surface area contributed by atoms with Crippen LogP contribution in [-0.2, 0) is 16.2 Å². The van der Waals surface area contributed by atoms with Crippen LogP contribution >= 0.6 is 23.4 Å². The van der Waals surface area contributed by atoms with E-state index in [1.807, 2.05) is 19.1 Å². The minimum atomic E-state index is -1.04. The summed E-state index contributed by atoms with van der Waals surface area (Å²) in [5, 5.41) is 24.8. The fourth-order valence-electron chi connectivity index (χ4n) is 4.83. The Labute approximate surface area is 251 Å². The summed E-state index contributed by atoms with van der Waals surface area (Å²) in [4.78, 5) is 11.8. The highest BCUT2D eigenvalue weighted by Gasteiger charge is 2.38. The number of amidine groups is 1. The van der Waals surface area contributed by atoms with Crippen LogP contribution in [0.2, 0.25) is 5.02 Å². The number of carboxylic acids is 1. The van der Waals surface area contributed by atoms with Gasteiger partial charge < -0.3 is 19.3 Å². The lowest BCUT2D eigenvalue weighted by molar-refractivity contribution is -0.139. The van der Waals surface area contributed by atoms with Crippen LogP contribution in [0.1, 0.15) is 61.7 Å². The molecule has 1 unspecified atom stereocenters. The predicted octanol–water partition coefficient (Wildman–Crippen LogP) is 4.54. The van der Waals surface area contributed by atoms with Crippen molar-refractivity contribution in [3.63, 3.8) is 0 Å². The average molecular weight is 620 g/mol. The summed E-state index contributed by atoms with van der Waals surface area (Å²) < 4.78 is 32.9. The molecule has 2 aromatic carbocycles. The summed E-state index contributed by atoms with van der Waals surface area (Å²) in [5.41, 5.74) is 7.97. The molecule has 5 rings (SSSR count). The number of fused-ring (bicyclic) bond motifs is 3. The largest absolute Gasteiger partial charge is 0.493 e. The number of para-hydroxylation sites is 1. The van der Waals surface area contributed by atoms with Crippen molar-refractivity contribution >= 4 is 34.5 Å². The van der Waals surface area contributed by atoms with E-state index in [9.17, 15) is 14.3 Å². The van der Waals surface area contributed by atoms with Crippen molar-refractivity contribution in [1.82, 2.24) is 30.8 Å². The fourth-order valence-corrected chi connectivity index (χ4v) is 5.91. The Kier molecular flexibility index (Phi) is 8.78. The third-order valence-corrected chi connectivity index (χ3v) is 8.78. The third-order valence-electron chi connectivity index (χ3n) is 7.26. The number of hydrogen-bond acceptors (Lipinski definition) is 11. The number of benzene rings is 2. The van der Waals surface area contributed by atoms with Gasteiger partial charge >= 0.3 is 5.97 Å². The van der Waals surface area contributed by atoms with Crippen LogP contribution in [0.3, 0.4) is 0 Å². The molecule has 0 radical (unpaired) electrons. The van der Waals surface area contributed by atoms with Gasteiger partial charge in [-0.15, -0.1) is 20.4 Å². The Bertz CT molecular complexity index is 1510. The molecule has 3 heterocycles. The maximum Gasteiger partial charge on any atom is 0.319 e.